The fourth-order valence-corrected chi connectivity index (χ4v) is 1.44. The molecule has 1 aromatic heterocycles. The molecule has 0 aromatic carbocycles. The zero-order chi connectivity index (χ0) is 10.0. The maximum Gasteiger partial charge on any atom is 0.267 e. The van der Waals surface area contributed by atoms with E-state index >= 15 is 0 Å². The Bertz CT molecular complexity index is 315. The van der Waals surface area contributed by atoms with Crippen LogP contribution in [0.25, 0.3) is 0 Å². The van der Waals surface area contributed by atoms with E-state index in [1.54, 1.807) is 6.92 Å². The summed E-state index contributed by atoms with van der Waals surface area (Å²) in [5, 5.41) is 0.0305. The lowest BCUT2D eigenvalue weighted by molar-refractivity contribution is 0.149. The Balaban J connectivity index is 3.30. The lowest BCUT2D eigenvalue weighted by Gasteiger charge is -2.08. The van der Waals surface area contributed by atoms with Crippen LogP contribution in [0.1, 0.15) is 23.4 Å². The summed E-state index contributed by atoms with van der Waals surface area (Å²) in [6.45, 7) is 1.65. The van der Waals surface area contributed by atoms with Crippen molar-refractivity contribution in [2.24, 2.45) is 5.73 Å². The van der Waals surface area contributed by atoms with Crippen molar-refractivity contribution in [2.45, 2.75) is 19.9 Å². The summed E-state index contributed by atoms with van der Waals surface area (Å²) < 4.78 is 24.9. The lowest BCUT2D eigenvalue weighted by atomic mass is 10.2. The second-order valence-electron chi connectivity index (χ2n) is 2.61. The molecule has 0 saturated carbocycles. The van der Waals surface area contributed by atoms with E-state index in [4.69, 9.17) is 17.3 Å². The Morgan fingerprint density at radius 1 is 1.62 bits per heavy atom. The molecule has 0 spiro atoms. The Labute approximate surface area is 79.7 Å². The third kappa shape index (κ3) is 2.14. The van der Waals surface area contributed by atoms with Gasteiger partial charge in [-0.1, -0.05) is 11.6 Å². The normalized spacial score (nSPS) is 10.9. The van der Waals surface area contributed by atoms with Crippen molar-refractivity contribution in [2.75, 3.05) is 0 Å². The highest BCUT2D eigenvalue weighted by Gasteiger charge is 2.17. The average molecular weight is 207 g/mol. The van der Waals surface area contributed by atoms with Crippen LogP contribution < -0.4 is 5.73 Å². The zero-order valence-corrected chi connectivity index (χ0v) is 7.78. The SMILES string of the molecule is Cc1cc(Cl)c(C(F)F)c(CN)n1. The molecular weight excluding hydrogens is 198 g/mol. The topological polar surface area (TPSA) is 38.9 Å². The van der Waals surface area contributed by atoms with Gasteiger partial charge in [-0.2, -0.15) is 0 Å². The van der Waals surface area contributed by atoms with Gasteiger partial charge in [-0.05, 0) is 13.0 Å². The largest absolute Gasteiger partial charge is 0.325 e. The van der Waals surface area contributed by atoms with Crippen LogP contribution in [0.3, 0.4) is 0 Å². The van der Waals surface area contributed by atoms with Gasteiger partial charge in [0.25, 0.3) is 6.43 Å². The molecule has 0 aliphatic carbocycles. The molecule has 2 nitrogen and oxygen atoms in total. The summed E-state index contributed by atoms with van der Waals surface area (Å²) in [7, 11) is 0. The molecule has 0 fully saturated rings. The predicted molar refractivity (Wildman–Crippen MR) is 46.8 cm³/mol. The summed E-state index contributed by atoms with van der Waals surface area (Å²) in [4.78, 5) is 3.88. The second kappa shape index (κ2) is 3.98. The van der Waals surface area contributed by atoms with E-state index in [1.807, 2.05) is 0 Å². The van der Waals surface area contributed by atoms with Gasteiger partial charge < -0.3 is 5.73 Å². The minimum Gasteiger partial charge on any atom is -0.325 e. The predicted octanol–water partition coefficient (Wildman–Crippen LogP) is 2.44. The highest BCUT2D eigenvalue weighted by atomic mass is 35.5. The van der Waals surface area contributed by atoms with Crippen molar-refractivity contribution in [3.8, 4) is 0 Å². The van der Waals surface area contributed by atoms with Crippen LogP contribution in [0, 0.1) is 6.92 Å². The standard InChI is InChI=1S/C8H9ClF2N2/c1-4-2-5(9)7(8(10)11)6(3-12)13-4/h2,8H,3,12H2,1H3. The second-order valence-corrected chi connectivity index (χ2v) is 3.02. The van der Waals surface area contributed by atoms with Gasteiger partial charge in [-0.15, -0.1) is 0 Å². The number of alkyl halides is 2. The van der Waals surface area contributed by atoms with Gasteiger partial charge in [0, 0.05) is 12.2 Å². The van der Waals surface area contributed by atoms with E-state index in [9.17, 15) is 8.78 Å². The van der Waals surface area contributed by atoms with Gasteiger partial charge in [0.05, 0.1) is 16.3 Å². The molecule has 1 rings (SSSR count). The molecule has 0 amide bonds. The Morgan fingerprint density at radius 2 is 2.23 bits per heavy atom. The van der Waals surface area contributed by atoms with Gasteiger partial charge in [-0.3, -0.25) is 4.98 Å². The van der Waals surface area contributed by atoms with Crippen LogP contribution in [0.15, 0.2) is 6.07 Å². The Kier molecular flexibility index (Phi) is 3.17. The van der Waals surface area contributed by atoms with Crippen LogP contribution in [0.4, 0.5) is 8.78 Å². The molecule has 0 saturated heterocycles. The number of rotatable bonds is 2. The van der Waals surface area contributed by atoms with Crippen molar-refractivity contribution in [3.63, 3.8) is 0 Å². The molecule has 0 aliphatic heterocycles. The fourth-order valence-electron chi connectivity index (χ4n) is 1.09. The third-order valence-corrected chi connectivity index (χ3v) is 1.94. The molecule has 1 heterocycles. The molecule has 0 atom stereocenters. The lowest BCUT2D eigenvalue weighted by Crippen LogP contribution is -2.06. The van der Waals surface area contributed by atoms with Crippen LogP contribution in [-0.4, -0.2) is 4.98 Å². The number of nitrogens with zero attached hydrogens (tertiary/aromatic N) is 1. The summed E-state index contributed by atoms with van der Waals surface area (Å²) in [6.07, 6.45) is -2.63. The maximum absolute atomic E-state index is 12.4. The Hall–Kier alpha value is -0.740. The number of nitrogens with two attached hydrogens (primary N) is 1. The maximum atomic E-state index is 12.4. The minimum absolute atomic E-state index is 0.0267. The van der Waals surface area contributed by atoms with Crippen molar-refractivity contribution in [3.05, 3.63) is 28.0 Å². The van der Waals surface area contributed by atoms with E-state index in [1.165, 1.54) is 6.07 Å². The highest BCUT2D eigenvalue weighted by molar-refractivity contribution is 6.31. The molecule has 13 heavy (non-hydrogen) atoms. The molecule has 0 bridgehead atoms. The molecule has 72 valence electrons. The van der Waals surface area contributed by atoms with Crippen molar-refractivity contribution in [1.82, 2.24) is 4.98 Å². The number of aryl methyl sites for hydroxylation is 1. The van der Waals surface area contributed by atoms with E-state index in [0.717, 1.165) is 0 Å². The first kappa shape index (κ1) is 10.3. The summed E-state index contributed by atoms with van der Waals surface area (Å²) in [6, 6.07) is 1.40. The van der Waals surface area contributed by atoms with E-state index in [0.29, 0.717) is 5.69 Å². The van der Waals surface area contributed by atoms with Crippen molar-refractivity contribution in [1.29, 1.82) is 0 Å². The number of halogens is 3. The van der Waals surface area contributed by atoms with Gasteiger partial charge in [-0.25, -0.2) is 8.78 Å². The minimum atomic E-state index is -2.63. The zero-order valence-electron chi connectivity index (χ0n) is 7.02. The molecule has 0 aliphatic rings. The van der Waals surface area contributed by atoms with Gasteiger partial charge in [0.2, 0.25) is 0 Å². The molecule has 5 heteroatoms. The molecule has 0 unspecified atom stereocenters. The van der Waals surface area contributed by atoms with Crippen molar-refractivity contribution >= 4 is 11.6 Å². The average Bonchev–Trinajstić information content (AvgIpc) is 2.01. The highest BCUT2D eigenvalue weighted by Crippen LogP contribution is 2.29. The van der Waals surface area contributed by atoms with E-state index in [-0.39, 0.29) is 22.8 Å². The van der Waals surface area contributed by atoms with Crippen LogP contribution in [0.2, 0.25) is 5.02 Å². The van der Waals surface area contributed by atoms with Gasteiger partial charge in [0.15, 0.2) is 0 Å². The number of pyridine rings is 1. The van der Waals surface area contributed by atoms with E-state index in [2.05, 4.69) is 4.98 Å². The molecular formula is C8H9ClF2N2. The first-order valence-corrected chi connectivity index (χ1v) is 4.08. The first-order chi connectivity index (χ1) is 6.06. The van der Waals surface area contributed by atoms with Gasteiger partial charge >= 0.3 is 0 Å². The van der Waals surface area contributed by atoms with Crippen LogP contribution in [-0.2, 0) is 6.54 Å². The van der Waals surface area contributed by atoms with Crippen LogP contribution in [0.5, 0.6) is 0 Å². The van der Waals surface area contributed by atoms with Crippen molar-refractivity contribution < 1.29 is 8.78 Å². The molecule has 1 aromatic rings. The summed E-state index contributed by atoms with van der Waals surface area (Å²) in [5.74, 6) is 0. The smallest absolute Gasteiger partial charge is 0.267 e. The number of hydrogen-bond acceptors (Lipinski definition) is 2. The third-order valence-electron chi connectivity index (χ3n) is 1.63. The molecule has 0 radical (unpaired) electrons. The number of aromatic nitrogens is 1. The number of hydrogen-bond donors (Lipinski definition) is 1. The quantitative estimate of drug-likeness (QED) is 0.807. The Morgan fingerprint density at radius 3 is 2.69 bits per heavy atom. The van der Waals surface area contributed by atoms with Crippen LogP contribution >= 0.6 is 11.6 Å². The summed E-state index contributed by atoms with van der Waals surface area (Å²) in [5.41, 5.74) is 5.78. The van der Waals surface area contributed by atoms with Gasteiger partial charge in [0.1, 0.15) is 0 Å². The molecule has 2 N–H and O–H groups in total. The summed E-state index contributed by atoms with van der Waals surface area (Å²) >= 11 is 5.63. The monoisotopic (exact) mass is 206 g/mol. The van der Waals surface area contributed by atoms with E-state index < -0.39 is 6.43 Å². The fraction of sp³-hybridized carbons (Fsp3) is 0.375. The first-order valence-electron chi connectivity index (χ1n) is 3.70.